The lowest BCUT2D eigenvalue weighted by Gasteiger charge is -2.07. The summed E-state index contributed by atoms with van der Waals surface area (Å²) in [5.41, 5.74) is 0.503. The van der Waals surface area contributed by atoms with Crippen LogP contribution in [-0.2, 0) is 0 Å². The summed E-state index contributed by atoms with van der Waals surface area (Å²) in [6.07, 6.45) is 4.87. The van der Waals surface area contributed by atoms with E-state index in [-0.39, 0.29) is 5.91 Å². The van der Waals surface area contributed by atoms with Crippen molar-refractivity contribution in [2.45, 2.75) is 6.92 Å². The molecule has 0 atom stereocenters. The number of imidazole rings is 1. The summed E-state index contributed by atoms with van der Waals surface area (Å²) in [6, 6.07) is 8.31. The lowest BCUT2D eigenvalue weighted by Crippen LogP contribution is -2.13. The molecule has 0 fully saturated rings. The molecule has 2 heterocycles. The van der Waals surface area contributed by atoms with Crippen molar-refractivity contribution in [3.63, 3.8) is 0 Å². The first kappa shape index (κ1) is 14.2. The van der Waals surface area contributed by atoms with E-state index in [1.807, 2.05) is 6.92 Å². The molecular formula is C15H12ClN5O. The number of nitrogens with one attached hydrogen (secondary N) is 1. The smallest absolute Gasteiger partial charge is 0.256 e. The van der Waals surface area contributed by atoms with Crippen molar-refractivity contribution in [1.29, 1.82) is 0 Å². The maximum Gasteiger partial charge on any atom is 0.256 e. The molecule has 7 heteroatoms. The van der Waals surface area contributed by atoms with Gasteiger partial charge in [-0.05, 0) is 31.2 Å². The Morgan fingerprint density at radius 1 is 1.18 bits per heavy atom. The summed E-state index contributed by atoms with van der Waals surface area (Å²) in [5.74, 6) is 1.59. The second-order valence-electron chi connectivity index (χ2n) is 4.57. The number of halogens is 1. The van der Waals surface area contributed by atoms with Gasteiger partial charge in [0.15, 0.2) is 0 Å². The minimum Gasteiger partial charge on any atom is -0.306 e. The van der Waals surface area contributed by atoms with E-state index in [2.05, 4.69) is 20.3 Å². The lowest BCUT2D eigenvalue weighted by molar-refractivity contribution is 0.102. The molecule has 6 nitrogen and oxygen atoms in total. The molecule has 110 valence electrons. The Bertz CT molecular complexity index is 813. The number of rotatable bonds is 3. The van der Waals surface area contributed by atoms with Gasteiger partial charge in [-0.25, -0.2) is 15.0 Å². The number of anilines is 1. The van der Waals surface area contributed by atoms with E-state index in [4.69, 9.17) is 11.6 Å². The minimum absolute atomic E-state index is 0.260. The van der Waals surface area contributed by atoms with Gasteiger partial charge in [-0.1, -0.05) is 11.6 Å². The van der Waals surface area contributed by atoms with Crippen molar-refractivity contribution in [3.8, 4) is 5.82 Å². The maximum atomic E-state index is 12.2. The SMILES string of the molecule is Cc1nccn1-c1cc(NC(=O)c2ccc(Cl)cc2)ncn1. The molecule has 0 saturated heterocycles. The van der Waals surface area contributed by atoms with Crippen molar-refractivity contribution in [2.24, 2.45) is 0 Å². The number of carbonyl (C=O) groups excluding carboxylic acids is 1. The Morgan fingerprint density at radius 2 is 1.95 bits per heavy atom. The monoisotopic (exact) mass is 313 g/mol. The highest BCUT2D eigenvalue weighted by Gasteiger charge is 2.09. The summed E-state index contributed by atoms with van der Waals surface area (Å²) in [4.78, 5) is 24.5. The standard InChI is InChI=1S/C15H12ClN5O/c1-10-17-6-7-21(10)14-8-13(18-9-19-14)20-15(22)11-2-4-12(16)5-3-11/h2-9H,1H3,(H,18,19,20,22). The highest BCUT2D eigenvalue weighted by Crippen LogP contribution is 2.13. The van der Waals surface area contributed by atoms with E-state index in [0.29, 0.717) is 22.2 Å². The van der Waals surface area contributed by atoms with Crippen LogP contribution in [0.5, 0.6) is 0 Å². The zero-order chi connectivity index (χ0) is 15.5. The first-order valence-electron chi connectivity index (χ1n) is 6.53. The summed E-state index contributed by atoms with van der Waals surface area (Å²) in [7, 11) is 0. The quantitative estimate of drug-likeness (QED) is 0.807. The zero-order valence-corrected chi connectivity index (χ0v) is 12.4. The average Bonchev–Trinajstić information content (AvgIpc) is 2.94. The number of benzene rings is 1. The molecule has 3 aromatic rings. The van der Waals surface area contributed by atoms with Gasteiger partial charge >= 0.3 is 0 Å². The third-order valence-corrected chi connectivity index (χ3v) is 3.33. The summed E-state index contributed by atoms with van der Waals surface area (Å²) >= 11 is 5.81. The molecular weight excluding hydrogens is 302 g/mol. The Balaban J connectivity index is 1.82. The molecule has 0 aliphatic rings. The van der Waals surface area contributed by atoms with Crippen LogP contribution < -0.4 is 5.32 Å². The van der Waals surface area contributed by atoms with E-state index in [0.717, 1.165) is 5.82 Å². The molecule has 0 radical (unpaired) electrons. The van der Waals surface area contributed by atoms with Gasteiger partial charge in [0.2, 0.25) is 0 Å². The van der Waals surface area contributed by atoms with Gasteiger partial charge in [0.1, 0.15) is 23.8 Å². The van der Waals surface area contributed by atoms with Crippen LogP contribution in [0.15, 0.2) is 49.1 Å². The second-order valence-corrected chi connectivity index (χ2v) is 5.00. The van der Waals surface area contributed by atoms with Gasteiger partial charge in [-0.2, -0.15) is 0 Å². The first-order valence-corrected chi connectivity index (χ1v) is 6.90. The molecule has 0 bridgehead atoms. The third-order valence-electron chi connectivity index (χ3n) is 3.07. The molecule has 0 spiro atoms. The van der Waals surface area contributed by atoms with E-state index in [1.54, 1.807) is 47.3 Å². The molecule has 1 amide bonds. The minimum atomic E-state index is -0.260. The Labute approximate surface area is 131 Å². The summed E-state index contributed by atoms with van der Waals surface area (Å²) < 4.78 is 1.81. The number of amides is 1. The number of nitrogens with zero attached hydrogens (tertiary/aromatic N) is 4. The Hall–Kier alpha value is -2.73. The van der Waals surface area contributed by atoms with E-state index < -0.39 is 0 Å². The Morgan fingerprint density at radius 3 is 2.64 bits per heavy atom. The summed E-state index contributed by atoms with van der Waals surface area (Å²) in [6.45, 7) is 1.87. The number of carbonyl (C=O) groups is 1. The van der Waals surface area contributed by atoms with Crippen molar-refractivity contribution < 1.29 is 4.79 Å². The predicted molar refractivity (Wildman–Crippen MR) is 83.3 cm³/mol. The van der Waals surface area contributed by atoms with E-state index in [1.165, 1.54) is 6.33 Å². The third kappa shape index (κ3) is 2.96. The van der Waals surface area contributed by atoms with Crippen molar-refractivity contribution in [2.75, 3.05) is 5.32 Å². The fourth-order valence-corrected chi connectivity index (χ4v) is 2.08. The van der Waals surface area contributed by atoms with Gasteiger partial charge in [0.25, 0.3) is 5.91 Å². The molecule has 22 heavy (non-hydrogen) atoms. The molecule has 0 aliphatic carbocycles. The van der Waals surface area contributed by atoms with Crippen LogP contribution >= 0.6 is 11.6 Å². The fraction of sp³-hybridized carbons (Fsp3) is 0.0667. The van der Waals surface area contributed by atoms with Gasteiger partial charge in [-0.3, -0.25) is 9.36 Å². The van der Waals surface area contributed by atoms with Crippen LogP contribution in [0.4, 0.5) is 5.82 Å². The van der Waals surface area contributed by atoms with Gasteiger partial charge < -0.3 is 5.32 Å². The van der Waals surface area contributed by atoms with Gasteiger partial charge in [0.05, 0.1) is 0 Å². The number of aryl methyl sites for hydroxylation is 1. The fourth-order valence-electron chi connectivity index (χ4n) is 1.96. The normalized spacial score (nSPS) is 10.5. The highest BCUT2D eigenvalue weighted by molar-refractivity contribution is 6.30. The summed E-state index contributed by atoms with van der Waals surface area (Å²) in [5, 5.41) is 3.31. The number of hydrogen-bond donors (Lipinski definition) is 1. The zero-order valence-electron chi connectivity index (χ0n) is 11.7. The van der Waals surface area contributed by atoms with E-state index in [9.17, 15) is 4.79 Å². The van der Waals surface area contributed by atoms with Crippen LogP contribution in [0, 0.1) is 6.92 Å². The van der Waals surface area contributed by atoms with E-state index >= 15 is 0 Å². The van der Waals surface area contributed by atoms with Crippen LogP contribution in [-0.4, -0.2) is 25.4 Å². The van der Waals surface area contributed by atoms with Crippen molar-refractivity contribution in [3.05, 3.63) is 65.5 Å². The number of hydrogen-bond acceptors (Lipinski definition) is 4. The largest absolute Gasteiger partial charge is 0.306 e. The Kier molecular flexibility index (Phi) is 3.84. The topological polar surface area (TPSA) is 72.7 Å². The first-order chi connectivity index (χ1) is 10.6. The molecule has 2 aromatic heterocycles. The van der Waals surface area contributed by atoms with Crippen LogP contribution in [0.25, 0.3) is 5.82 Å². The van der Waals surface area contributed by atoms with Crippen LogP contribution in [0.1, 0.15) is 16.2 Å². The molecule has 0 unspecified atom stereocenters. The molecule has 1 aromatic carbocycles. The molecule has 1 N–H and O–H groups in total. The second kappa shape index (κ2) is 5.95. The lowest BCUT2D eigenvalue weighted by atomic mass is 10.2. The van der Waals surface area contributed by atoms with Gasteiger partial charge in [0, 0.05) is 29.0 Å². The average molecular weight is 314 g/mol. The maximum absolute atomic E-state index is 12.2. The molecule has 0 aliphatic heterocycles. The number of aromatic nitrogens is 4. The highest BCUT2D eigenvalue weighted by atomic mass is 35.5. The van der Waals surface area contributed by atoms with Crippen LogP contribution in [0.2, 0.25) is 5.02 Å². The van der Waals surface area contributed by atoms with Crippen molar-refractivity contribution in [1.82, 2.24) is 19.5 Å². The van der Waals surface area contributed by atoms with Gasteiger partial charge in [-0.15, -0.1) is 0 Å². The van der Waals surface area contributed by atoms with Crippen LogP contribution in [0.3, 0.4) is 0 Å². The predicted octanol–water partition coefficient (Wildman–Crippen LogP) is 2.88. The molecule has 3 rings (SSSR count). The van der Waals surface area contributed by atoms with Crippen molar-refractivity contribution >= 4 is 23.3 Å². The molecule has 0 saturated carbocycles.